The van der Waals surface area contributed by atoms with Gasteiger partial charge in [-0.05, 0) is 61.6 Å². The Balaban J connectivity index is 1.32. The van der Waals surface area contributed by atoms with E-state index in [-0.39, 0.29) is 18.4 Å². The molecule has 2 aliphatic heterocycles. The molecule has 0 aliphatic carbocycles. The van der Waals surface area contributed by atoms with E-state index in [9.17, 15) is 9.59 Å². The molecule has 0 unspecified atom stereocenters. The fourth-order valence-electron chi connectivity index (χ4n) is 3.63. The van der Waals surface area contributed by atoms with Crippen LogP contribution in [-0.2, 0) is 4.79 Å². The molecule has 7 heteroatoms. The minimum absolute atomic E-state index is 0.00365. The molecule has 0 bridgehead atoms. The number of anilines is 1. The molecule has 1 N–H and O–H groups in total. The van der Waals surface area contributed by atoms with Gasteiger partial charge >= 0.3 is 0 Å². The molecule has 0 atom stereocenters. The third kappa shape index (κ3) is 4.48. The van der Waals surface area contributed by atoms with Crippen LogP contribution in [0.2, 0.25) is 5.02 Å². The van der Waals surface area contributed by atoms with Gasteiger partial charge in [0.1, 0.15) is 11.5 Å². The molecular weight excluding hydrogens is 392 g/mol. The molecule has 2 amide bonds. The molecule has 4 rings (SSSR count). The molecule has 2 aromatic carbocycles. The highest BCUT2D eigenvalue weighted by atomic mass is 35.5. The van der Waals surface area contributed by atoms with Gasteiger partial charge in [0.2, 0.25) is 0 Å². The molecule has 1 fully saturated rings. The Kier molecular flexibility index (Phi) is 5.62. The van der Waals surface area contributed by atoms with Gasteiger partial charge in [0.15, 0.2) is 6.61 Å². The Morgan fingerprint density at radius 1 is 1.24 bits per heavy atom. The lowest BCUT2D eigenvalue weighted by Crippen LogP contribution is -2.39. The molecule has 0 aromatic heterocycles. The van der Waals surface area contributed by atoms with Gasteiger partial charge in [-0.2, -0.15) is 0 Å². The molecule has 6 nitrogen and oxygen atoms in total. The van der Waals surface area contributed by atoms with Crippen LogP contribution in [-0.4, -0.2) is 43.0 Å². The Bertz CT molecular complexity index is 938. The zero-order valence-corrected chi connectivity index (χ0v) is 17.0. The van der Waals surface area contributed by atoms with Gasteiger partial charge in [0.05, 0.1) is 17.3 Å². The van der Waals surface area contributed by atoms with Crippen molar-refractivity contribution in [2.24, 2.45) is 5.92 Å². The van der Waals surface area contributed by atoms with E-state index in [0.29, 0.717) is 53.4 Å². The first-order chi connectivity index (χ1) is 14.0. The first-order valence-electron chi connectivity index (χ1n) is 9.74. The zero-order valence-electron chi connectivity index (χ0n) is 16.2. The molecule has 29 heavy (non-hydrogen) atoms. The lowest BCUT2D eigenvalue weighted by atomic mass is 9.97. The van der Waals surface area contributed by atoms with Gasteiger partial charge in [0, 0.05) is 18.7 Å². The summed E-state index contributed by atoms with van der Waals surface area (Å²) < 4.78 is 11.2. The number of ether oxygens (including phenoxy) is 2. The van der Waals surface area contributed by atoms with Gasteiger partial charge < -0.3 is 19.7 Å². The van der Waals surface area contributed by atoms with Crippen molar-refractivity contribution in [2.45, 2.75) is 19.8 Å². The van der Waals surface area contributed by atoms with Gasteiger partial charge in [0.25, 0.3) is 11.8 Å². The molecule has 0 saturated carbocycles. The second kappa shape index (κ2) is 8.33. The second-order valence-corrected chi connectivity index (χ2v) is 7.94. The van der Waals surface area contributed by atoms with Crippen molar-refractivity contribution in [3.05, 3.63) is 52.5 Å². The quantitative estimate of drug-likeness (QED) is 0.823. The van der Waals surface area contributed by atoms with Crippen molar-refractivity contribution < 1.29 is 19.1 Å². The van der Waals surface area contributed by atoms with E-state index >= 15 is 0 Å². The highest BCUT2D eigenvalue weighted by Gasteiger charge is 2.25. The Labute approximate surface area is 174 Å². The largest absolute Gasteiger partial charge is 0.492 e. The number of amides is 2. The predicted molar refractivity (Wildman–Crippen MR) is 111 cm³/mol. The van der Waals surface area contributed by atoms with Crippen LogP contribution in [0.3, 0.4) is 0 Å². The molecule has 2 heterocycles. The van der Waals surface area contributed by atoms with E-state index in [1.54, 1.807) is 18.2 Å². The Morgan fingerprint density at radius 2 is 2.03 bits per heavy atom. The number of carbonyl (C=O) groups is 2. The number of fused-ring (bicyclic) bond motifs is 1. The standard InChI is InChI=1S/C22H23ClN2O4/c1-14-2-4-19(17(23)10-14)28-12-15-6-8-25(9-7-15)22(27)16-3-5-20-18(11-16)24-21(26)13-29-20/h2-5,10-11,15H,6-9,12-13H2,1H3,(H,24,26). The molecule has 2 aromatic rings. The maximum absolute atomic E-state index is 12.9. The average Bonchev–Trinajstić information content (AvgIpc) is 2.72. The minimum Gasteiger partial charge on any atom is -0.492 e. The maximum Gasteiger partial charge on any atom is 0.262 e. The summed E-state index contributed by atoms with van der Waals surface area (Å²) in [7, 11) is 0. The number of benzene rings is 2. The number of hydrogen-bond donors (Lipinski definition) is 1. The molecule has 152 valence electrons. The summed E-state index contributed by atoms with van der Waals surface area (Å²) in [5.41, 5.74) is 2.20. The van der Waals surface area contributed by atoms with E-state index in [1.165, 1.54) is 0 Å². The molecule has 1 saturated heterocycles. The topological polar surface area (TPSA) is 67.9 Å². The molecule has 0 spiro atoms. The van der Waals surface area contributed by atoms with Crippen LogP contribution in [0.1, 0.15) is 28.8 Å². The summed E-state index contributed by atoms with van der Waals surface area (Å²) in [6, 6.07) is 10.9. The summed E-state index contributed by atoms with van der Waals surface area (Å²) in [5, 5.41) is 3.37. The van der Waals surface area contributed by atoms with Crippen molar-refractivity contribution >= 4 is 29.1 Å². The van der Waals surface area contributed by atoms with Crippen LogP contribution in [0.5, 0.6) is 11.5 Å². The van der Waals surface area contributed by atoms with E-state index in [2.05, 4.69) is 5.32 Å². The van der Waals surface area contributed by atoms with Crippen molar-refractivity contribution in [3.8, 4) is 11.5 Å². The van der Waals surface area contributed by atoms with Crippen molar-refractivity contribution in [2.75, 3.05) is 31.6 Å². The van der Waals surface area contributed by atoms with Gasteiger partial charge in [-0.15, -0.1) is 0 Å². The summed E-state index contributed by atoms with van der Waals surface area (Å²) in [4.78, 5) is 26.2. The third-order valence-electron chi connectivity index (χ3n) is 5.32. The van der Waals surface area contributed by atoms with Gasteiger partial charge in [-0.3, -0.25) is 9.59 Å². The van der Waals surface area contributed by atoms with Crippen LogP contribution in [0.25, 0.3) is 0 Å². The number of aryl methyl sites for hydroxylation is 1. The van der Waals surface area contributed by atoms with Gasteiger partial charge in [-0.1, -0.05) is 17.7 Å². The molecule has 2 aliphatic rings. The maximum atomic E-state index is 12.9. The number of likely N-dealkylation sites (tertiary alicyclic amines) is 1. The fourth-order valence-corrected chi connectivity index (χ4v) is 3.92. The zero-order chi connectivity index (χ0) is 20.4. The van der Waals surface area contributed by atoms with Crippen molar-refractivity contribution in [1.29, 1.82) is 0 Å². The molecular formula is C22H23ClN2O4. The summed E-state index contributed by atoms with van der Waals surface area (Å²) >= 11 is 6.23. The highest BCUT2D eigenvalue weighted by Crippen LogP contribution is 2.30. The van der Waals surface area contributed by atoms with Crippen LogP contribution in [0, 0.1) is 12.8 Å². The summed E-state index contributed by atoms with van der Waals surface area (Å²) in [6.45, 7) is 3.94. The smallest absolute Gasteiger partial charge is 0.262 e. The number of halogens is 1. The van der Waals surface area contributed by atoms with E-state index < -0.39 is 0 Å². The van der Waals surface area contributed by atoms with E-state index in [0.717, 1.165) is 18.4 Å². The monoisotopic (exact) mass is 414 g/mol. The number of nitrogens with one attached hydrogen (secondary N) is 1. The van der Waals surface area contributed by atoms with E-state index in [4.69, 9.17) is 21.1 Å². The summed E-state index contributed by atoms with van der Waals surface area (Å²) in [5.74, 6) is 1.43. The van der Waals surface area contributed by atoms with Crippen LogP contribution < -0.4 is 14.8 Å². The first-order valence-corrected chi connectivity index (χ1v) is 10.1. The van der Waals surface area contributed by atoms with Crippen LogP contribution >= 0.6 is 11.6 Å². The fraction of sp³-hybridized carbons (Fsp3) is 0.364. The lowest BCUT2D eigenvalue weighted by molar-refractivity contribution is -0.118. The number of hydrogen-bond acceptors (Lipinski definition) is 4. The van der Waals surface area contributed by atoms with Crippen molar-refractivity contribution in [1.82, 2.24) is 4.90 Å². The number of nitrogens with zero attached hydrogens (tertiary/aromatic N) is 1. The number of carbonyl (C=O) groups excluding carboxylic acids is 2. The second-order valence-electron chi connectivity index (χ2n) is 7.53. The average molecular weight is 415 g/mol. The number of piperidine rings is 1. The third-order valence-corrected chi connectivity index (χ3v) is 5.62. The Morgan fingerprint density at radius 3 is 2.79 bits per heavy atom. The van der Waals surface area contributed by atoms with Crippen LogP contribution in [0.4, 0.5) is 5.69 Å². The van der Waals surface area contributed by atoms with Gasteiger partial charge in [-0.25, -0.2) is 0 Å². The summed E-state index contributed by atoms with van der Waals surface area (Å²) in [6.07, 6.45) is 1.75. The number of rotatable bonds is 4. The normalized spacial score (nSPS) is 16.6. The highest BCUT2D eigenvalue weighted by molar-refractivity contribution is 6.32. The Hall–Kier alpha value is -2.73. The first kappa shape index (κ1) is 19.6. The van der Waals surface area contributed by atoms with E-state index in [1.807, 2.05) is 30.0 Å². The van der Waals surface area contributed by atoms with Crippen molar-refractivity contribution in [3.63, 3.8) is 0 Å². The predicted octanol–water partition coefficient (Wildman–Crippen LogP) is 3.91. The molecule has 0 radical (unpaired) electrons. The SMILES string of the molecule is Cc1ccc(OCC2CCN(C(=O)c3ccc4c(c3)NC(=O)CO4)CC2)c(Cl)c1. The minimum atomic E-state index is -0.211. The van der Waals surface area contributed by atoms with Crippen LogP contribution in [0.15, 0.2) is 36.4 Å². The lowest BCUT2D eigenvalue weighted by Gasteiger charge is -2.32.